The van der Waals surface area contributed by atoms with Gasteiger partial charge in [0.2, 0.25) is 5.91 Å². The third kappa shape index (κ3) is 2.81. The summed E-state index contributed by atoms with van der Waals surface area (Å²) in [5, 5.41) is 6.42. The highest BCUT2D eigenvalue weighted by atomic mass is 79.9. The van der Waals surface area contributed by atoms with Gasteiger partial charge in [-0.1, -0.05) is 28.1 Å². The van der Waals surface area contributed by atoms with Crippen LogP contribution < -0.4 is 10.6 Å². The molecule has 1 amide bonds. The van der Waals surface area contributed by atoms with Crippen LogP contribution in [0.5, 0.6) is 0 Å². The molecule has 1 aliphatic heterocycles. The van der Waals surface area contributed by atoms with Gasteiger partial charge in [-0.3, -0.25) is 4.79 Å². The first-order chi connectivity index (χ1) is 8.70. The van der Waals surface area contributed by atoms with E-state index in [9.17, 15) is 4.79 Å². The second-order valence-corrected chi connectivity index (χ2v) is 6.21. The number of rotatable bonds is 3. The number of hydrogen-bond donors (Lipinski definition) is 2. The van der Waals surface area contributed by atoms with E-state index in [4.69, 9.17) is 0 Å². The third-order valence-electron chi connectivity index (χ3n) is 4.10. The average molecular weight is 346 g/mol. The van der Waals surface area contributed by atoms with Crippen molar-refractivity contribution in [2.24, 2.45) is 5.92 Å². The van der Waals surface area contributed by atoms with Crippen molar-refractivity contribution in [1.29, 1.82) is 0 Å². The normalized spacial score (nSPS) is 20.7. The molecular weight excluding hydrogens is 328 g/mol. The highest BCUT2D eigenvalue weighted by molar-refractivity contribution is 9.10. The molecule has 2 fully saturated rings. The van der Waals surface area contributed by atoms with Gasteiger partial charge in [0.1, 0.15) is 0 Å². The Morgan fingerprint density at radius 3 is 2.58 bits per heavy atom. The summed E-state index contributed by atoms with van der Waals surface area (Å²) < 4.78 is 1.07. The van der Waals surface area contributed by atoms with Crippen LogP contribution in [0, 0.1) is 5.92 Å². The molecule has 1 aromatic carbocycles. The number of nitrogens with one attached hydrogen (secondary N) is 2. The number of carbonyl (C=O) groups excluding carboxylic acids is 1. The molecule has 0 unspecified atom stereocenters. The predicted octanol–water partition coefficient (Wildman–Crippen LogP) is 2.59. The smallest absolute Gasteiger partial charge is 0.226 e. The lowest BCUT2D eigenvalue weighted by molar-refractivity contribution is -0.129. The van der Waals surface area contributed by atoms with Gasteiger partial charge in [-0.2, -0.15) is 0 Å². The van der Waals surface area contributed by atoms with Crippen LogP contribution in [0.2, 0.25) is 0 Å². The minimum atomic E-state index is -0.115. The van der Waals surface area contributed by atoms with Gasteiger partial charge in [0.05, 0.1) is 11.5 Å². The van der Waals surface area contributed by atoms with Crippen LogP contribution in [0.1, 0.15) is 24.8 Å². The molecule has 3 rings (SSSR count). The zero-order valence-corrected chi connectivity index (χ0v) is 13.0. The molecule has 3 nitrogen and oxygen atoms in total. The summed E-state index contributed by atoms with van der Waals surface area (Å²) in [5.74, 6) is 0.364. The van der Waals surface area contributed by atoms with Gasteiger partial charge in [0.15, 0.2) is 0 Å². The van der Waals surface area contributed by atoms with Crippen molar-refractivity contribution in [3.63, 3.8) is 0 Å². The van der Waals surface area contributed by atoms with Crippen molar-refractivity contribution in [2.75, 3.05) is 13.1 Å². The highest BCUT2D eigenvalue weighted by Gasteiger charge is 2.41. The highest BCUT2D eigenvalue weighted by Crippen LogP contribution is 2.42. The molecule has 1 heterocycles. The predicted molar refractivity (Wildman–Crippen MR) is 81.4 cm³/mol. The van der Waals surface area contributed by atoms with Crippen LogP contribution in [0.4, 0.5) is 0 Å². The van der Waals surface area contributed by atoms with E-state index in [1.165, 1.54) is 12.0 Å². The van der Waals surface area contributed by atoms with E-state index in [2.05, 4.69) is 38.7 Å². The van der Waals surface area contributed by atoms with Crippen LogP contribution in [-0.2, 0) is 10.3 Å². The summed E-state index contributed by atoms with van der Waals surface area (Å²) in [6, 6.07) is 8.30. The molecule has 1 saturated heterocycles. The minimum Gasteiger partial charge on any atom is -0.346 e. The molecule has 104 valence electrons. The van der Waals surface area contributed by atoms with Gasteiger partial charge in [0, 0.05) is 17.6 Å². The van der Waals surface area contributed by atoms with E-state index < -0.39 is 0 Å². The molecule has 0 atom stereocenters. The van der Waals surface area contributed by atoms with Gasteiger partial charge in [0.25, 0.3) is 0 Å². The maximum absolute atomic E-state index is 12.1. The summed E-state index contributed by atoms with van der Waals surface area (Å²) in [6.07, 6.45) is 3.29. The molecule has 0 spiro atoms. The molecule has 0 aromatic heterocycles. The first-order valence-corrected chi connectivity index (χ1v) is 7.28. The molecule has 19 heavy (non-hydrogen) atoms. The van der Waals surface area contributed by atoms with E-state index in [1.54, 1.807) is 0 Å². The topological polar surface area (TPSA) is 41.1 Å². The van der Waals surface area contributed by atoms with Crippen molar-refractivity contribution < 1.29 is 4.79 Å². The summed E-state index contributed by atoms with van der Waals surface area (Å²) in [7, 11) is 0. The molecule has 1 aromatic rings. The summed E-state index contributed by atoms with van der Waals surface area (Å²) in [4.78, 5) is 12.1. The maximum Gasteiger partial charge on any atom is 0.226 e. The Morgan fingerprint density at radius 1 is 1.37 bits per heavy atom. The fourth-order valence-corrected chi connectivity index (χ4v) is 3.01. The molecule has 5 heteroatoms. The van der Waals surface area contributed by atoms with Crippen LogP contribution in [0.3, 0.4) is 0 Å². The van der Waals surface area contributed by atoms with E-state index in [0.717, 1.165) is 30.4 Å². The third-order valence-corrected chi connectivity index (χ3v) is 4.59. The number of halogens is 2. The van der Waals surface area contributed by atoms with E-state index >= 15 is 0 Å². The average Bonchev–Trinajstić information content (AvgIpc) is 2.21. The maximum atomic E-state index is 12.1. The lowest BCUT2D eigenvalue weighted by Gasteiger charge is -2.44. The number of hydrogen-bond acceptors (Lipinski definition) is 2. The van der Waals surface area contributed by atoms with E-state index in [0.29, 0.717) is 0 Å². The zero-order valence-electron chi connectivity index (χ0n) is 10.6. The summed E-state index contributed by atoms with van der Waals surface area (Å²) in [6.45, 7) is 1.64. The Kier molecular flexibility index (Phi) is 4.54. The standard InChI is InChI=1S/C14H17BrN2O.ClH/c15-12-4-1-3-11(7-12)14(5-2-6-14)17-13(18)10-8-16-9-10;/h1,3-4,7,10,16H,2,5-6,8-9H2,(H,17,18);1H. The molecular formula is C14H18BrClN2O. The summed E-state index contributed by atoms with van der Waals surface area (Å²) in [5.41, 5.74) is 1.11. The molecule has 0 radical (unpaired) electrons. The van der Waals surface area contributed by atoms with Crippen molar-refractivity contribution in [2.45, 2.75) is 24.8 Å². The molecule has 2 aliphatic rings. The molecule has 2 N–H and O–H groups in total. The fraction of sp³-hybridized carbons (Fsp3) is 0.500. The largest absolute Gasteiger partial charge is 0.346 e. The van der Waals surface area contributed by atoms with Gasteiger partial charge in [-0.25, -0.2) is 0 Å². The van der Waals surface area contributed by atoms with E-state index in [-0.39, 0.29) is 29.8 Å². The van der Waals surface area contributed by atoms with Gasteiger partial charge in [-0.15, -0.1) is 12.4 Å². The Hall–Kier alpha value is -0.580. The van der Waals surface area contributed by atoms with Crippen molar-refractivity contribution in [1.82, 2.24) is 10.6 Å². The number of amides is 1. The van der Waals surface area contributed by atoms with E-state index in [1.807, 2.05) is 12.1 Å². The van der Waals surface area contributed by atoms with Crippen LogP contribution in [0.15, 0.2) is 28.7 Å². The first-order valence-electron chi connectivity index (χ1n) is 6.48. The van der Waals surface area contributed by atoms with Gasteiger partial charge < -0.3 is 10.6 Å². The van der Waals surface area contributed by atoms with Gasteiger partial charge in [-0.05, 0) is 37.0 Å². The summed E-state index contributed by atoms with van der Waals surface area (Å²) >= 11 is 3.51. The first kappa shape index (κ1) is 14.8. The van der Waals surface area contributed by atoms with Crippen LogP contribution >= 0.6 is 28.3 Å². The quantitative estimate of drug-likeness (QED) is 0.884. The number of carbonyl (C=O) groups is 1. The van der Waals surface area contributed by atoms with Crippen LogP contribution in [-0.4, -0.2) is 19.0 Å². The molecule has 0 bridgehead atoms. The van der Waals surface area contributed by atoms with Crippen molar-refractivity contribution in [3.05, 3.63) is 34.3 Å². The molecule has 1 saturated carbocycles. The minimum absolute atomic E-state index is 0. The Bertz CT molecular complexity index is 472. The Labute approximate surface area is 128 Å². The lowest BCUT2D eigenvalue weighted by Crippen LogP contribution is -2.58. The van der Waals surface area contributed by atoms with Crippen molar-refractivity contribution in [3.8, 4) is 0 Å². The Balaban J connectivity index is 0.00000133. The second-order valence-electron chi connectivity index (χ2n) is 5.29. The second kappa shape index (κ2) is 5.81. The zero-order chi connectivity index (χ0) is 12.6. The fourth-order valence-electron chi connectivity index (χ4n) is 2.61. The SMILES string of the molecule is Cl.O=C(NC1(c2cccc(Br)c2)CCC1)C1CNC1. The van der Waals surface area contributed by atoms with Crippen LogP contribution in [0.25, 0.3) is 0 Å². The van der Waals surface area contributed by atoms with Gasteiger partial charge >= 0.3 is 0 Å². The lowest BCUT2D eigenvalue weighted by atomic mass is 9.71. The Morgan fingerprint density at radius 2 is 2.11 bits per heavy atom. The van der Waals surface area contributed by atoms with Crippen molar-refractivity contribution >= 4 is 34.2 Å². The molecule has 1 aliphatic carbocycles. The number of benzene rings is 1. The monoisotopic (exact) mass is 344 g/mol.